The second-order valence-corrected chi connectivity index (χ2v) is 4.90. The van der Waals surface area contributed by atoms with E-state index in [-0.39, 0.29) is 5.91 Å². The number of fused-ring (bicyclic) bond motifs is 1. The predicted molar refractivity (Wildman–Crippen MR) is 68.1 cm³/mol. The highest BCUT2D eigenvalue weighted by Crippen LogP contribution is 2.22. The van der Waals surface area contributed by atoms with Crippen molar-refractivity contribution in [3.8, 4) is 0 Å². The summed E-state index contributed by atoms with van der Waals surface area (Å²) in [4.78, 5) is 12.0. The van der Waals surface area contributed by atoms with E-state index in [2.05, 4.69) is 30.4 Å². The van der Waals surface area contributed by atoms with Gasteiger partial charge in [-0.1, -0.05) is 11.6 Å². The van der Waals surface area contributed by atoms with E-state index in [0.29, 0.717) is 6.04 Å². The van der Waals surface area contributed by atoms with Crippen molar-refractivity contribution in [3.05, 3.63) is 35.5 Å². The Kier molecular flexibility index (Phi) is 2.21. The van der Waals surface area contributed by atoms with Crippen LogP contribution in [0.4, 0.5) is 0 Å². The molecule has 1 saturated carbocycles. The topological polar surface area (TPSA) is 34.0 Å². The summed E-state index contributed by atoms with van der Waals surface area (Å²) in [5, 5.41) is 4.16. The van der Waals surface area contributed by atoms with Gasteiger partial charge in [0.2, 0.25) is 0 Å². The summed E-state index contributed by atoms with van der Waals surface area (Å²) >= 11 is 0. The van der Waals surface area contributed by atoms with E-state index in [4.69, 9.17) is 0 Å². The van der Waals surface area contributed by atoms with E-state index in [0.717, 1.165) is 29.4 Å². The standard InChI is InChI=1S/C14H16N2O/c1-9-3-6-12-10(7-9)8-13(16(12)2)14(17)15-11-4-5-11/h3,6-8,11H,4-5H2,1-2H3,(H,15,17). The van der Waals surface area contributed by atoms with Gasteiger partial charge in [-0.2, -0.15) is 0 Å². The molecular formula is C14H16N2O. The minimum Gasteiger partial charge on any atom is -0.348 e. The first kappa shape index (κ1) is 10.4. The molecule has 1 N–H and O–H groups in total. The van der Waals surface area contributed by atoms with E-state index in [1.165, 1.54) is 5.56 Å². The van der Waals surface area contributed by atoms with Gasteiger partial charge in [0.05, 0.1) is 0 Å². The van der Waals surface area contributed by atoms with Crippen LogP contribution in [0.3, 0.4) is 0 Å². The van der Waals surface area contributed by atoms with Crippen LogP contribution in [0.25, 0.3) is 10.9 Å². The average Bonchev–Trinajstić information content (AvgIpc) is 3.03. The molecule has 3 heteroatoms. The summed E-state index contributed by atoms with van der Waals surface area (Å²) in [6.45, 7) is 2.07. The molecule has 1 aliphatic carbocycles. The number of rotatable bonds is 2. The zero-order chi connectivity index (χ0) is 12.0. The average molecular weight is 228 g/mol. The minimum absolute atomic E-state index is 0.0452. The first-order valence-electron chi connectivity index (χ1n) is 6.02. The Morgan fingerprint density at radius 1 is 1.35 bits per heavy atom. The third kappa shape index (κ3) is 1.82. The van der Waals surface area contributed by atoms with Gasteiger partial charge in [0.25, 0.3) is 5.91 Å². The van der Waals surface area contributed by atoms with Crippen LogP contribution in [0.1, 0.15) is 28.9 Å². The van der Waals surface area contributed by atoms with Crippen molar-refractivity contribution in [2.24, 2.45) is 7.05 Å². The molecule has 0 atom stereocenters. The molecule has 17 heavy (non-hydrogen) atoms. The van der Waals surface area contributed by atoms with Crippen molar-refractivity contribution in [3.63, 3.8) is 0 Å². The molecule has 0 radical (unpaired) electrons. The molecule has 3 nitrogen and oxygen atoms in total. The van der Waals surface area contributed by atoms with Gasteiger partial charge >= 0.3 is 0 Å². The second-order valence-electron chi connectivity index (χ2n) is 4.90. The highest BCUT2D eigenvalue weighted by atomic mass is 16.2. The van der Waals surface area contributed by atoms with Crippen LogP contribution in [0.15, 0.2) is 24.3 Å². The predicted octanol–water partition coefficient (Wildman–Crippen LogP) is 2.38. The number of aromatic nitrogens is 1. The molecule has 1 aromatic heterocycles. The number of nitrogens with one attached hydrogen (secondary N) is 1. The molecule has 0 saturated heterocycles. The molecule has 0 aliphatic heterocycles. The van der Waals surface area contributed by atoms with Crippen molar-refractivity contribution in [1.29, 1.82) is 0 Å². The highest BCUT2D eigenvalue weighted by molar-refractivity contribution is 5.99. The van der Waals surface area contributed by atoms with Crippen LogP contribution in [-0.4, -0.2) is 16.5 Å². The van der Waals surface area contributed by atoms with Gasteiger partial charge in [-0.05, 0) is 38.0 Å². The molecule has 1 heterocycles. The summed E-state index contributed by atoms with van der Waals surface area (Å²) in [6.07, 6.45) is 2.24. The van der Waals surface area contributed by atoms with Crippen LogP contribution < -0.4 is 5.32 Å². The lowest BCUT2D eigenvalue weighted by Crippen LogP contribution is -2.27. The van der Waals surface area contributed by atoms with E-state index in [9.17, 15) is 4.79 Å². The lowest BCUT2D eigenvalue weighted by atomic mass is 10.2. The van der Waals surface area contributed by atoms with Crippen molar-refractivity contribution in [2.45, 2.75) is 25.8 Å². The second kappa shape index (κ2) is 3.62. The molecule has 1 aromatic carbocycles. The Morgan fingerprint density at radius 3 is 2.82 bits per heavy atom. The van der Waals surface area contributed by atoms with E-state index in [1.807, 2.05) is 17.7 Å². The molecule has 1 amide bonds. The number of amides is 1. The first-order chi connectivity index (χ1) is 8.15. The lowest BCUT2D eigenvalue weighted by molar-refractivity contribution is 0.0943. The largest absolute Gasteiger partial charge is 0.348 e. The zero-order valence-electron chi connectivity index (χ0n) is 10.2. The van der Waals surface area contributed by atoms with Gasteiger partial charge in [0.1, 0.15) is 5.69 Å². The minimum atomic E-state index is 0.0452. The summed E-state index contributed by atoms with van der Waals surface area (Å²) in [7, 11) is 1.94. The van der Waals surface area contributed by atoms with Gasteiger partial charge in [-0.3, -0.25) is 4.79 Å². The fraction of sp³-hybridized carbons (Fsp3) is 0.357. The number of aryl methyl sites for hydroxylation is 2. The molecule has 88 valence electrons. The lowest BCUT2D eigenvalue weighted by Gasteiger charge is -2.04. The van der Waals surface area contributed by atoms with Gasteiger partial charge < -0.3 is 9.88 Å². The third-order valence-electron chi connectivity index (χ3n) is 3.34. The molecular weight excluding hydrogens is 212 g/mol. The molecule has 0 spiro atoms. The van der Waals surface area contributed by atoms with Gasteiger partial charge in [-0.25, -0.2) is 0 Å². The Hall–Kier alpha value is -1.77. The molecule has 1 aliphatic rings. The van der Waals surface area contributed by atoms with Crippen molar-refractivity contribution < 1.29 is 4.79 Å². The SMILES string of the molecule is Cc1ccc2c(c1)cc(C(=O)NC1CC1)n2C. The van der Waals surface area contributed by atoms with Crippen LogP contribution in [0, 0.1) is 6.92 Å². The van der Waals surface area contributed by atoms with Crippen LogP contribution >= 0.6 is 0 Å². The number of benzene rings is 1. The Balaban J connectivity index is 2.03. The number of hydrogen-bond acceptors (Lipinski definition) is 1. The van der Waals surface area contributed by atoms with Crippen LogP contribution in [-0.2, 0) is 7.05 Å². The zero-order valence-corrected chi connectivity index (χ0v) is 10.2. The number of carbonyl (C=O) groups excluding carboxylic acids is 1. The maximum Gasteiger partial charge on any atom is 0.268 e. The molecule has 2 aromatic rings. The van der Waals surface area contributed by atoms with Gasteiger partial charge in [0.15, 0.2) is 0 Å². The molecule has 3 rings (SSSR count). The summed E-state index contributed by atoms with van der Waals surface area (Å²) < 4.78 is 1.96. The molecule has 1 fully saturated rings. The molecule has 0 bridgehead atoms. The maximum absolute atomic E-state index is 12.0. The molecule has 0 unspecified atom stereocenters. The Morgan fingerprint density at radius 2 is 2.12 bits per heavy atom. The van der Waals surface area contributed by atoms with Crippen molar-refractivity contribution >= 4 is 16.8 Å². The van der Waals surface area contributed by atoms with Crippen molar-refractivity contribution in [2.75, 3.05) is 0 Å². The Bertz CT molecular complexity index is 594. The van der Waals surface area contributed by atoms with E-state index in [1.54, 1.807) is 0 Å². The maximum atomic E-state index is 12.0. The van der Waals surface area contributed by atoms with E-state index >= 15 is 0 Å². The third-order valence-corrected chi connectivity index (χ3v) is 3.34. The number of nitrogens with zero attached hydrogens (tertiary/aromatic N) is 1. The smallest absolute Gasteiger partial charge is 0.268 e. The quantitative estimate of drug-likeness (QED) is 0.841. The van der Waals surface area contributed by atoms with E-state index < -0.39 is 0 Å². The number of carbonyl (C=O) groups is 1. The monoisotopic (exact) mass is 228 g/mol. The first-order valence-corrected chi connectivity index (χ1v) is 6.02. The van der Waals surface area contributed by atoms with Gasteiger partial charge in [-0.15, -0.1) is 0 Å². The fourth-order valence-electron chi connectivity index (χ4n) is 2.17. The highest BCUT2D eigenvalue weighted by Gasteiger charge is 2.25. The summed E-state index contributed by atoms with van der Waals surface area (Å²) in [5.41, 5.74) is 3.08. The Labute approximate surface area is 100 Å². The van der Waals surface area contributed by atoms with Crippen LogP contribution in [0.5, 0.6) is 0 Å². The fourth-order valence-corrected chi connectivity index (χ4v) is 2.17. The summed E-state index contributed by atoms with van der Waals surface area (Å²) in [5.74, 6) is 0.0452. The van der Waals surface area contributed by atoms with Crippen molar-refractivity contribution in [1.82, 2.24) is 9.88 Å². The normalized spacial score (nSPS) is 15.2. The number of hydrogen-bond donors (Lipinski definition) is 1. The summed E-state index contributed by atoms with van der Waals surface area (Å²) in [6, 6.07) is 8.63. The van der Waals surface area contributed by atoms with Gasteiger partial charge in [0, 0.05) is 24.0 Å². The van der Waals surface area contributed by atoms with Crippen LogP contribution in [0.2, 0.25) is 0 Å².